The molecule has 0 bridgehead atoms. The second-order valence-corrected chi connectivity index (χ2v) is 4.46. The number of carbonyl (C=O) groups is 1. The SMILES string of the molecule is COCCOCCCN(C)c1ccc(C(=O)O)cc1N. The topological polar surface area (TPSA) is 85.0 Å². The number of nitrogen functional groups attached to an aromatic ring is 1. The minimum atomic E-state index is -0.975. The summed E-state index contributed by atoms with van der Waals surface area (Å²) in [5.41, 5.74) is 7.37. The van der Waals surface area contributed by atoms with E-state index < -0.39 is 5.97 Å². The van der Waals surface area contributed by atoms with E-state index in [1.165, 1.54) is 6.07 Å². The predicted octanol–water partition coefficient (Wildman–Crippen LogP) is 1.46. The number of hydrogen-bond acceptors (Lipinski definition) is 5. The van der Waals surface area contributed by atoms with Crippen molar-refractivity contribution >= 4 is 17.3 Å². The van der Waals surface area contributed by atoms with Gasteiger partial charge in [-0.15, -0.1) is 0 Å². The zero-order valence-electron chi connectivity index (χ0n) is 12.0. The average Bonchev–Trinajstić information content (AvgIpc) is 2.42. The molecule has 0 atom stereocenters. The number of benzene rings is 1. The van der Waals surface area contributed by atoms with Crippen molar-refractivity contribution in [2.45, 2.75) is 6.42 Å². The fourth-order valence-corrected chi connectivity index (χ4v) is 1.80. The van der Waals surface area contributed by atoms with Crippen LogP contribution in [-0.4, -0.2) is 51.6 Å². The Morgan fingerprint density at radius 3 is 2.70 bits per heavy atom. The van der Waals surface area contributed by atoms with Crippen molar-refractivity contribution in [1.82, 2.24) is 0 Å². The van der Waals surface area contributed by atoms with Crippen LogP contribution in [0.3, 0.4) is 0 Å². The zero-order chi connectivity index (χ0) is 15.0. The number of anilines is 2. The van der Waals surface area contributed by atoms with Crippen molar-refractivity contribution in [3.63, 3.8) is 0 Å². The van der Waals surface area contributed by atoms with E-state index in [9.17, 15) is 4.79 Å². The molecule has 0 spiro atoms. The fraction of sp³-hybridized carbons (Fsp3) is 0.500. The third kappa shape index (κ3) is 5.07. The van der Waals surface area contributed by atoms with Gasteiger partial charge in [-0.1, -0.05) is 0 Å². The fourth-order valence-electron chi connectivity index (χ4n) is 1.80. The Labute approximate surface area is 119 Å². The average molecular weight is 282 g/mol. The van der Waals surface area contributed by atoms with E-state index in [1.807, 2.05) is 11.9 Å². The highest BCUT2D eigenvalue weighted by molar-refractivity contribution is 5.90. The number of aromatic carboxylic acids is 1. The molecule has 0 unspecified atom stereocenters. The first kappa shape index (κ1) is 16.3. The van der Waals surface area contributed by atoms with Gasteiger partial charge in [0.15, 0.2) is 0 Å². The quantitative estimate of drug-likeness (QED) is 0.527. The van der Waals surface area contributed by atoms with Crippen LogP contribution in [0.5, 0.6) is 0 Å². The molecule has 3 N–H and O–H groups in total. The van der Waals surface area contributed by atoms with Crippen molar-refractivity contribution in [2.24, 2.45) is 0 Å². The molecule has 0 aliphatic rings. The number of methoxy groups -OCH3 is 1. The highest BCUT2D eigenvalue weighted by atomic mass is 16.5. The van der Waals surface area contributed by atoms with E-state index in [1.54, 1.807) is 19.2 Å². The van der Waals surface area contributed by atoms with Crippen LogP contribution < -0.4 is 10.6 Å². The van der Waals surface area contributed by atoms with E-state index >= 15 is 0 Å². The molecule has 20 heavy (non-hydrogen) atoms. The lowest BCUT2D eigenvalue weighted by Gasteiger charge is -2.21. The molecule has 0 aliphatic heterocycles. The molecule has 0 amide bonds. The van der Waals surface area contributed by atoms with Crippen LogP contribution in [-0.2, 0) is 9.47 Å². The van der Waals surface area contributed by atoms with Crippen molar-refractivity contribution in [3.05, 3.63) is 23.8 Å². The zero-order valence-corrected chi connectivity index (χ0v) is 12.0. The van der Waals surface area contributed by atoms with Crippen molar-refractivity contribution in [2.75, 3.05) is 51.2 Å². The Bertz CT molecular complexity index is 437. The lowest BCUT2D eigenvalue weighted by atomic mass is 10.1. The van der Waals surface area contributed by atoms with Gasteiger partial charge in [0, 0.05) is 27.3 Å². The molecule has 0 fully saturated rings. The summed E-state index contributed by atoms with van der Waals surface area (Å²) in [6, 6.07) is 4.76. The summed E-state index contributed by atoms with van der Waals surface area (Å²) in [6.45, 7) is 2.62. The molecule has 1 aromatic carbocycles. The number of rotatable bonds is 9. The Hall–Kier alpha value is -1.79. The minimum absolute atomic E-state index is 0.197. The molecular formula is C14H22N2O4. The summed E-state index contributed by atoms with van der Waals surface area (Å²) >= 11 is 0. The summed E-state index contributed by atoms with van der Waals surface area (Å²) in [6.07, 6.45) is 0.861. The predicted molar refractivity (Wildman–Crippen MR) is 78.4 cm³/mol. The van der Waals surface area contributed by atoms with Crippen molar-refractivity contribution in [1.29, 1.82) is 0 Å². The molecule has 0 radical (unpaired) electrons. The van der Waals surface area contributed by atoms with Gasteiger partial charge in [-0.25, -0.2) is 4.79 Å². The van der Waals surface area contributed by atoms with E-state index in [4.69, 9.17) is 20.3 Å². The largest absolute Gasteiger partial charge is 0.478 e. The lowest BCUT2D eigenvalue weighted by molar-refractivity contribution is 0.0697. The number of nitrogens with zero attached hydrogens (tertiary/aromatic N) is 1. The molecule has 0 aromatic heterocycles. The number of ether oxygens (including phenoxy) is 2. The Kier molecular flexibility index (Phi) is 6.83. The van der Waals surface area contributed by atoms with Crippen LogP contribution in [0.15, 0.2) is 18.2 Å². The maximum Gasteiger partial charge on any atom is 0.335 e. The number of hydrogen-bond donors (Lipinski definition) is 2. The van der Waals surface area contributed by atoms with E-state index in [0.717, 1.165) is 18.7 Å². The number of carboxylic acids is 1. The lowest BCUT2D eigenvalue weighted by Crippen LogP contribution is -2.21. The van der Waals surface area contributed by atoms with Gasteiger partial charge in [0.25, 0.3) is 0 Å². The Balaban J connectivity index is 2.43. The summed E-state index contributed by atoms with van der Waals surface area (Å²) in [7, 11) is 3.56. The van der Waals surface area contributed by atoms with E-state index in [2.05, 4.69) is 0 Å². The second-order valence-electron chi connectivity index (χ2n) is 4.46. The normalized spacial score (nSPS) is 10.5. The van der Waals surface area contributed by atoms with Gasteiger partial charge < -0.3 is 25.2 Å². The highest BCUT2D eigenvalue weighted by Crippen LogP contribution is 2.23. The van der Waals surface area contributed by atoms with Crippen LogP contribution in [0.1, 0.15) is 16.8 Å². The molecule has 1 rings (SSSR count). The van der Waals surface area contributed by atoms with Crippen LogP contribution >= 0.6 is 0 Å². The summed E-state index contributed by atoms with van der Waals surface area (Å²) in [4.78, 5) is 12.8. The highest BCUT2D eigenvalue weighted by Gasteiger charge is 2.09. The second kappa shape index (κ2) is 8.39. The molecule has 0 saturated heterocycles. The summed E-state index contributed by atoms with van der Waals surface area (Å²) in [5, 5.41) is 8.89. The maximum absolute atomic E-state index is 10.8. The first-order valence-electron chi connectivity index (χ1n) is 6.47. The van der Waals surface area contributed by atoms with Gasteiger partial charge >= 0.3 is 5.97 Å². The van der Waals surface area contributed by atoms with Gasteiger partial charge in [-0.3, -0.25) is 0 Å². The number of nitrogens with two attached hydrogens (primary N) is 1. The first-order valence-corrected chi connectivity index (χ1v) is 6.47. The van der Waals surface area contributed by atoms with Crippen molar-refractivity contribution < 1.29 is 19.4 Å². The Morgan fingerprint density at radius 2 is 2.10 bits per heavy atom. The molecule has 0 heterocycles. The van der Waals surface area contributed by atoms with Gasteiger partial charge in [0.1, 0.15) is 0 Å². The number of carboxylic acid groups (broad SMARTS) is 1. The third-order valence-electron chi connectivity index (χ3n) is 2.90. The van der Waals surface area contributed by atoms with Gasteiger partial charge in [-0.05, 0) is 24.6 Å². The first-order chi connectivity index (χ1) is 9.56. The smallest absolute Gasteiger partial charge is 0.335 e. The summed E-state index contributed by atoms with van der Waals surface area (Å²) in [5.74, 6) is -0.975. The molecule has 112 valence electrons. The van der Waals surface area contributed by atoms with Crippen LogP contribution in [0.4, 0.5) is 11.4 Å². The van der Waals surface area contributed by atoms with Gasteiger partial charge in [-0.2, -0.15) is 0 Å². The van der Waals surface area contributed by atoms with Crippen molar-refractivity contribution in [3.8, 4) is 0 Å². The van der Waals surface area contributed by atoms with Gasteiger partial charge in [0.05, 0.1) is 30.2 Å². The Morgan fingerprint density at radius 1 is 1.35 bits per heavy atom. The molecule has 6 heteroatoms. The maximum atomic E-state index is 10.8. The molecule has 1 aromatic rings. The summed E-state index contributed by atoms with van der Waals surface area (Å²) < 4.78 is 10.3. The van der Waals surface area contributed by atoms with Gasteiger partial charge in [0.2, 0.25) is 0 Å². The third-order valence-corrected chi connectivity index (χ3v) is 2.90. The van der Waals surface area contributed by atoms with E-state index in [-0.39, 0.29) is 5.56 Å². The standard InChI is InChI=1S/C14H22N2O4/c1-16(6-3-7-20-9-8-19-2)13-5-4-11(14(17)18)10-12(13)15/h4-5,10H,3,6-9,15H2,1-2H3,(H,17,18). The monoisotopic (exact) mass is 282 g/mol. The molecule has 6 nitrogen and oxygen atoms in total. The van der Waals surface area contributed by atoms with E-state index in [0.29, 0.717) is 25.5 Å². The molecule has 0 aliphatic carbocycles. The van der Waals surface area contributed by atoms with Crippen LogP contribution in [0.25, 0.3) is 0 Å². The van der Waals surface area contributed by atoms with Crippen LogP contribution in [0, 0.1) is 0 Å². The molecular weight excluding hydrogens is 260 g/mol. The minimum Gasteiger partial charge on any atom is -0.478 e. The van der Waals surface area contributed by atoms with Crippen LogP contribution in [0.2, 0.25) is 0 Å². The molecule has 0 saturated carbocycles.